The van der Waals surface area contributed by atoms with Gasteiger partial charge in [0.1, 0.15) is 5.76 Å². The molecule has 5 heteroatoms. The number of aryl methyl sites for hydroxylation is 1. The lowest BCUT2D eigenvalue weighted by atomic mass is 10.1. The highest BCUT2D eigenvalue weighted by molar-refractivity contribution is 5.69. The van der Waals surface area contributed by atoms with Crippen LogP contribution in [-0.2, 0) is 25.5 Å². The van der Waals surface area contributed by atoms with Crippen molar-refractivity contribution in [3.8, 4) is 0 Å². The maximum atomic E-state index is 11.2. The highest BCUT2D eigenvalue weighted by Gasteiger charge is 2.06. The van der Waals surface area contributed by atoms with Crippen molar-refractivity contribution in [3.63, 3.8) is 0 Å². The maximum absolute atomic E-state index is 11.2. The summed E-state index contributed by atoms with van der Waals surface area (Å²) in [6.45, 7) is 11.3. The lowest BCUT2D eigenvalue weighted by molar-refractivity contribution is -0.145. The van der Waals surface area contributed by atoms with E-state index in [1.165, 1.54) is 12.8 Å². The van der Waals surface area contributed by atoms with Gasteiger partial charge >= 0.3 is 11.9 Å². The van der Waals surface area contributed by atoms with Gasteiger partial charge < -0.3 is 13.9 Å². The van der Waals surface area contributed by atoms with Gasteiger partial charge in [-0.05, 0) is 30.4 Å². The van der Waals surface area contributed by atoms with Gasteiger partial charge in [0.05, 0.1) is 25.9 Å². The van der Waals surface area contributed by atoms with Crippen molar-refractivity contribution in [3.05, 3.63) is 24.2 Å². The van der Waals surface area contributed by atoms with E-state index in [1.54, 1.807) is 6.26 Å². The molecule has 0 spiro atoms. The predicted octanol–water partition coefficient (Wildman–Crippen LogP) is 5.57. The number of hydrogen-bond acceptors (Lipinski definition) is 5. The Morgan fingerprint density at radius 2 is 1.52 bits per heavy atom. The minimum Gasteiger partial charge on any atom is -0.469 e. The molecule has 1 aromatic rings. The van der Waals surface area contributed by atoms with Gasteiger partial charge in [-0.1, -0.05) is 53.9 Å². The number of furan rings is 1. The quantitative estimate of drug-likeness (QED) is 0.349. The lowest BCUT2D eigenvalue weighted by Gasteiger charge is -2.06. The molecule has 0 radical (unpaired) electrons. The lowest BCUT2D eigenvalue weighted by Crippen LogP contribution is -2.10. The average Bonchev–Trinajstić information content (AvgIpc) is 3.14. The van der Waals surface area contributed by atoms with Crippen molar-refractivity contribution >= 4 is 11.9 Å². The Balaban J connectivity index is 0.000000503. The molecule has 27 heavy (non-hydrogen) atoms. The first kappa shape index (κ1) is 25.2. The van der Waals surface area contributed by atoms with E-state index in [-0.39, 0.29) is 11.9 Å². The molecule has 5 nitrogen and oxygen atoms in total. The van der Waals surface area contributed by atoms with E-state index < -0.39 is 0 Å². The molecule has 0 bridgehead atoms. The van der Waals surface area contributed by atoms with E-state index in [9.17, 15) is 9.59 Å². The molecule has 0 atom stereocenters. The number of rotatable bonds is 12. The largest absolute Gasteiger partial charge is 0.469 e. The Morgan fingerprint density at radius 3 is 2.00 bits per heavy atom. The number of ether oxygens (including phenoxy) is 2. The van der Waals surface area contributed by atoms with Crippen molar-refractivity contribution in [1.82, 2.24) is 0 Å². The fourth-order valence-corrected chi connectivity index (χ4v) is 2.04. The van der Waals surface area contributed by atoms with Crippen LogP contribution in [-0.4, -0.2) is 25.2 Å². The molecule has 0 aliphatic rings. The molecule has 0 aliphatic carbocycles. The van der Waals surface area contributed by atoms with Crippen molar-refractivity contribution in [1.29, 1.82) is 0 Å². The van der Waals surface area contributed by atoms with Crippen LogP contribution in [0.5, 0.6) is 0 Å². The zero-order chi connectivity index (χ0) is 20.5. The van der Waals surface area contributed by atoms with Crippen LogP contribution in [0.1, 0.15) is 78.9 Å². The van der Waals surface area contributed by atoms with E-state index in [4.69, 9.17) is 13.9 Å². The summed E-state index contributed by atoms with van der Waals surface area (Å²) in [5.41, 5.74) is 0. The molecule has 0 saturated carbocycles. The molecule has 1 rings (SSSR count). The zero-order valence-corrected chi connectivity index (χ0v) is 17.8. The number of carbonyl (C=O) groups is 2. The van der Waals surface area contributed by atoms with Gasteiger partial charge in [-0.2, -0.15) is 0 Å². The third-order valence-electron chi connectivity index (χ3n) is 3.55. The number of unbranched alkanes of at least 4 members (excludes halogenated alkanes) is 3. The minimum absolute atomic E-state index is 0.0372. The van der Waals surface area contributed by atoms with Crippen LogP contribution in [0, 0.1) is 11.8 Å². The number of hydrogen-bond donors (Lipinski definition) is 0. The van der Waals surface area contributed by atoms with Crippen LogP contribution in [0.4, 0.5) is 0 Å². The molecule has 0 saturated heterocycles. The number of carbonyl (C=O) groups excluding carboxylic acids is 2. The summed E-state index contributed by atoms with van der Waals surface area (Å²) >= 11 is 0. The minimum atomic E-state index is -0.157. The summed E-state index contributed by atoms with van der Waals surface area (Å²) in [5.74, 6) is 1.47. The Kier molecular flexibility index (Phi) is 15.3. The topological polar surface area (TPSA) is 65.7 Å². The molecule has 0 N–H and O–H groups in total. The summed E-state index contributed by atoms with van der Waals surface area (Å²) in [6, 6.07) is 3.67. The molecule has 0 amide bonds. The monoisotopic (exact) mass is 382 g/mol. The third-order valence-corrected chi connectivity index (χ3v) is 3.55. The molecular weight excluding hydrogens is 344 g/mol. The molecule has 0 unspecified atom stereocenters. The Bertz CT molecular complexity index is 477. The van der Waals surface area contributed by atoms with Crippen molar-refractivity contribution in [2.24, 2.45) is 11.8 Å². The Morgan fingerprint density at radius 1 is 0.926 bits per heavy atom. The van der Waals surface area contributed by atoms with E-state index in [0.29, 0.717) is 44.3 Å². The molecule has 0 aromatic carbocycles. The molecule has 1 aromatic heterocycles. The smallest absolute Gasteiger partial charge is 0.306 e. The third kappa shape index (κ3) is 17.4. The number of esters is 2. The highest BCUT2D eigenvalue weighted by atomic mass is 16.5. The summed E-state index contributed by atoms with van der Waals surface area (Å²) in [7, 11) is 0. The van der Waals surface area contributed by atoms with Crippen molar-refractivity contribution < 1.29 is 23.5 Å². The second-order valence-electron chi connectivity index (χ2n) is 7.54. The van der Waals surface area contributed by atoms with E-state index in [2.05, 4.69) is 6.92 Å². The first-order valence-electron chi connectivity index (χ1n) is 10.2. The molecular formula is C22H38O5. The van der Waals surface area contributed by atoms with Gasteiger partial charge in [0.25, 0.3) is 0 Å². The first-order valence-corrected chi connectivity index (χ1v) is 10.2. The summed E-state index contributed by atoms with van der Waals surface area (Å²) in [5, 5.41) is 0. The average molecular weight is 383 g/mol. The van der Waals surface area contributed by atoms with Gasteiger partial charge in [-0.25, -0.2) is 0 Å². The SMILES string of the molecule is CC(C)COC(=O)CCc1ccco1.CCCCCCC(=O)OCC(C)C. The molecule has 1 heterocycles. The standard InChI is InChI=1S/C11H16O3.C11H22O2/c1-9(2)8-14-11(12)6-5-10-4-3-7-13-10;1-4-5-6-7-8-11(12)13-9-10(2)3/h3-4,7,9H,5-6,8H2,1-2H3;10H,4-9H2,1-3H3. The molecule has 0 fully saturated rings. The van der Waals surface area contributed by atoms with Crippen LogP contribution >= 0.6 is 0 Å². The van der Waals surface area contributed by atoms with Crippen molar-refractivity contribution in [2.45, 2.75) is 79.6 Å². The van der Waals surface area contributed by atoms with Crippen LogP contribution in [0.15, 0.2) is 22.8 Å². The van der Waals surface area contributed by atoms with Gasteiger partial charge in [0.2, 0.25) is 0 Å². The maximum Gasteiger partial charge on any atom is 0.306 e. The van der Waals surface area contributed by atoms with Gasteiger partial charge in [0, 0.05) is 12.8 Å². The Labute approximate surface area is 164 Å². The van der Waals surface area contributed by atoms with E-state index in [0.717, 1.165) is 18.6 Å². The van der Waals surface area contributed by atoms with Gasteiger partial charge in [0.15, 0.2) is 0 Å². The van der Waals surface area contributed by atoms with Gasteiger partial charge in [-0.3, -0.25) is 9.59 Å². The molecule has 0 aliphatic heterocycles. The summed E-state index contributed by atoms with van der Waals surface area (Å²) in [4.78, 5) is 22.3. The fourth-order valence-electron chi connectivity index (χ4n) is 2.04. The van der Waals surface area contributed by atoms with Crippen molar-refractivity contribution in [2.75, 3.05) is 13.2 Å². The van der Waals surface area contributed by atoms with Crippen LogP contribution < -0.4 is 0 Å². The van der Waals surface area contributed by atoms with E-state index >= 15 is 0 Å². The van der Waals surface area contributed by atoms with Crippen LogP contribution in [0.2, 0.25) is 0 Å². The van der Waals surface area contributed by atoms with Gasteiger partial charge in [-0.15, -0.1) is 0 Å². The normalized spacial score (nSPS) is 10.5. The first-order chi connectivity index (χ1) is 12.8. The second kappa shape index (κ2) is 16.4. The second-order valence-corrected chi connectivity index (χ2v) is 7.54. The zero-order valence-electron chi connectivity index (χ0n) is 17.8. The summed E-state index contributed by atoms with van der Waals surface area (Å²) in [6.07, 6.45) is 7.75. The van der Waals surface area contributed by atoms with Crippen LogP contribution in [0.3, 0.4) is 0 Å². The molecule has 156 valence electrons. The van der Waals surface area contributed by atoms with Crippen LogP contribution in [0.25, 0.3) is 0 Å². The van der Waals surface area contributed by atoms with E-state index in [1.807, 2.05) is 39.8 Å². The highest BCUT2D eigenvalue weighted by Crippen LogP contribution is 2.05. The summed E-state index contributed by atoms with van der Waals surface area (Å²) < 4.78 is 15.2. The fraction of sp³-hybridized carbons (Fsp3) is 0.727. The predicted molar refractivity (Wildman–Crippen MR) is 107 cm³/mol. The Hall–Kier alpha value is -1.78.